The van der Waals surface area contributed by atoms with Gasteiger partial charge < -0.3 is 9.84 Å². The van der Waals surface area contributed by atoms with E-state index in [2.05, 4.69) is 0 Å². The van der Waals surface area contributed by atoms with Crippen molar-refractivity contribution in [3.05, 3.63) is 63.1 Å². The monoisotopic (exact) mass is 477 g/mol. The zero-order valence-corrected chi connectivity index (χ0v) is 18.7. The molecule has 2 unspecified atom stereocenters. The molecule has 2 aromatic rings. The van der Waals surface area contributed by atoms with Gasteiger partial charge in [-0.25, -0.2) is 8.42 Å². The molecule has 5 nitrogen and oxygen atoms in total. The highest BCUT2D eigenvalue weighted by atomic mass is 35.5. The summed E-state index contributed by atoms with van der Waals surface area (Å²) >= 11 is 17.9. The number of hydrogen-bond acceptors (Lipinski definition) is 5. The van der Waals surface area contributed by atoms with Crippen LogP contribution in [0.4, 0.5) is 0 Å². The maximum absolute atomic E-state index is 11.9. The highest BCUT2D eigenvalue weighted by molar-refractivity contribution is 7.91. The van der Waals surface area contributed by atoms with Gasteiger partial charge in [0.25, 0.3) is 0 Å². The molecular formula is C20H22Cl3NO4S. The molecule has 2 atom stereocenters. The topological polar surface area (TPSA) is 66.8 Å². The van der Waals surface area contributed by atoms with E-state index in [9.17, 15) is 13.5 Å². The molecule has 1 heterocycles. The summed E-state index contributed by atoms with van der Waals surface area (Å²) in [6.45, 7) is 0.808. The smallest absolute Gasteiger partial charge is 0.151 e. The molecule has 1 saturated heterocycles. The maximum Gasteiger partial charge on any atom is 0.151 e. The van der Waals surface area contributed by atoms with Crippen molar-refractivity contribution in [2.75, 3.05) is 24.7 Å². The minimum absolute atomic E-state index is 0.0257. The fourth-order valence-corrected chi connectivity index (χ4v) is 5.68. The molecule has 0 aromatic heterocycles. The average molecular weight is 479 g/mol. The molecule has 0 aliphatic carbocycles. The van der Waals surface area contributed by atoms with Crippen molar-refractivity contribution in [3.8, 4) is 5.75 Å². The molecule has 29 heavy (non-hydrogen) atoms. The zero-order chi connectivity index (χ0) is 21.0. The Hall–Kier alpha value is -1.02. The molecule has 0 amide bonds. The van der Waals surface area contributed by atoms with Crippen molar-refractivity contribution in [1.82, 2.24) is 4.90 Å². The van der Waals surface area contributed by atoms with Crippen LogP contribution < -0.4 is 4.74 Å². The molecule has 1 fully saturated rings. The van der Waals surface area contributed by atoms with Gasteiger partial charge in [-0.3, -0.25) is 4.90 Å². The van der Waals surface area contributed by atoms with Crippen LogP contribution >= 0.6 is 34.8 Å². The van der Waals surface area contributed by atoms with Gasteiger partial charge in [0.05, 0.1) is 16.5 Å². The number of rotatable bonds is 8. The van der Waals surface area contributed by atoms with Crippen LogP contribution in [-0.4, -0.2) is 55.2 Å². The summed E-state index contributed by atoms with van der Waals surface area (Å²) in [5, 5.41) is 12.0. The lowest BCUT2D eigenvalue weighted by Gasteiger charge is -2.30. The molecule has 3 rings (SSSR count). The maximum atomic E-state index is 11.9. The first-order valence-electron chi connectivity index (χ1n) is 9.17. The zero-order valence-electron chi connectivity index (χ0n) is 15.6. The molecule has 0 saturated carbocycles. The van der Waals surface area contributed by atoms with Crippen molar-refractivity contribution in [2.45, 2.75) is 25.1 Å². The van der Waals surface area contributed by atoms with Crippen molar-refractivity contribution in [1.29, 1.82) is 0 Å². The summed E-state index contributed by atoms with van der Waals surface area (Å²) in [5.41, 5.74) is 0.993. The summed E-state index contributed by atoms with van der Waals surface area (Å²) in [6.07, 6.45) is -0.274. The van der Waals surface area contributed by atoms with Crippen LogP contribution in [0.15, 0.2) is 42.5 Å². The molecule has 0 bridgehead atoms. The standard InChI is InChI=1S/C20H22Cl3NO4S/c21-15-3-1-14(2-4-15)10-24(17-7-8-29(26,27)13-17)11-18(25)12-28-20-6-5-16(22)9-19(20)23/h1-6,9,17-18,25H,7-8,10-13H2. The minimum atomic E-state index is -3.05. The third-order valence-electron chi connectivity index (χ3n) is 4.79. The second kappa shape index (κ2) is 9.86. The normalized spacial score (nSPS) is 19.4. The Labute approximate surface area is 186 Å². The van der Waals surface area contributed by atoms with E-state index in [1.165, 1.54) is 0 Å². The van der Waals surface area contributed by atoms with Crippen molar-refractivity contribution < 1.29 is 18.3 Å². The summed E-state index contributed by atoms with van der Waals surface area (Å²) in [5.74, 6) is 0.696. The van der Waals surface area contributed by atoms with Gasteiger partial charge in [-0.2, -0.15) is 0 Å². The molecule has 158 valence electrons. The Morgan fingerprint density at radius 3 is 2.41 bits per heavy atom. The third kappa shape index (κ3) is 6.74. The molecule has 1 aliphatic heterocycles. The number of nitrogens with zero attached hydrogens (tertiary/aromatic N) is 1. The number of aliphatic hydroxyl groups excluding tert-OH is 1. The SMILES string of the molecule is O=S1(=O)CCC(N(Cc2ccc(Cl)cc2)CC(O)COc2ccc(Cl)cc2Cl)C1. The van der Waals surface area contributed by atoms with Crippen LogP contribution in [0.3, 0.4) is 0 Å². The van der Waals surface area contributed by atoms with Gasteiger partial charge in [-0.1, -0.05) is 46.9 Å². The summed E-state index contributed by atoms with van der Waals surface area (Å²) in [6, 6.07) is 12.1. The molecular weight excluding hydrogens is 457 g/mol. The molecule has 1 aliphatic rings. The summed E-state index contributed by atoms with van der Waals surface area (Å²) < 4.78 is 29.5. The largest absolute Gasteiger partial charge is 0.489 e. The molecule has 2 aromatic carbocycles. The van der Waals surface area contributed by atoms with E-state index in [4.69, 9.17) is 39.5 Å². The van der Waals surface area contributed by atoms with E-state index in [1.807, 2.05) is 17.0 Å². The number of benzene rings is 2. The van der Waals surface area contributed by atoms with E-state index >= 15 is 0 Å². The Kier molecular flexibility index (Phi) is 7.70. The average Bonchev–Trinajstić information content (AvgIpc) is 3.02. The van der Waals surface area contributed by atoms with Crippen molar-refractivity contribution >= 4 is 44.6 Å². The number of aliphatic hydroxyl groups is 1. The predicted molar refractivity (Wildman–Crippen MR) is 117 cm³/mol. The van der Waals surface area contributed by atoms with Gasteiger partial charge in [0.2, 0.25) is 0 Å². The number of hydrogen-bond donors (Lipinski definition) is 1. The fraction of sp³-hybridized carbons (Fsp3) is 0.400. The van der Waals surface area contributed by atoms with Crippen LogP contribution in [0.1, 0.15) is 12.0 Å². The summed E-state index contributed by atoms with van der Waals surface area (Å²) in [4.78, 5) is 1.99. The highest BCUT2D eigenvalue weighted by Gasteiger charge is 2.33. The van der Waals surface area contributed by atoms with E-state index in [1.54, 1.807) is 30.3 Å². The van der Waals surface area contributed by atoms with Gasteiger partial charge in [0.1, 0.15) is 18.5 Å². The van der Waals surface area contributed by atoms with E-state index < -0.39 is 15.9 Å². The first kappa shape index (κ1) is 22.7. The molecule has 1 N–H and O–H groups in total. The first-order valence-corrected chi connectivity index (χ1v) is 12.1. The number of halogens is 3. The quantitative estimate of drug-likeness (QED) is 0.619. The number of ether oxygens (including phenoxy) is 1. The van der Waals surface area contributed by atoms with Gasteiger partial charge in [0.15, 0.2) is 9.84 Å². The highest BCUT2D eigenvalue weighted by Crippen LogP contribution is 2.28. The van der Waals surface area contributed by atoms with Crippen LogP contribution in [0.2, 0.25) is 15.1 Å². The van der Waals surface area contributed by atoms with Crippen LogP contribution in [0.25, 0.3) is 0 Å². The van der Waals surface area contributed by atoms with Gasteiger partial charge >= 0.3 is 0 Å². The van der Waals surface area contributed by atoms with E-state index in [0.29, 0.717) is 33.8 Å². The number of sulfone groups is 1. The second-order valence-electron chi connectivity index (χ2n) is 7.15. The third-order valence-corrected chi connectivity index (χ3v) is 7.33. The lowest BCUT2D eigenvalue weighted by atomic mass is 10.1. The lowest BCUT2D eigenvalue weighted by Crippen LogP contribution is -2.42. The molecule has 0 spiro atoms. The van der Waals surface area contributed by atoms with Crippen LogP contribution in [-0.2, 0) is 16.4 Å². The Bertz CT molecular complexity index is 937. The van der Waals surface area contributed by atoms with Crippen molar-refractivity contribution in [3.63, 3.8) is 0 Å². The molecule has 9 heteroatoms. The Morgan fingerprint density at radius 1 is 1.10 bits per heavy atom. The lowest BCUT2D eigenvalue weighted by molar-refractivity contribution is 0.0525. The van der Waals surface area contributed by atoms with Crippen LogP contribution in [0.5, 0.6) is 5.75 Å². The fourth-order valence-electron chi connectivity index (χ4n) is 3.33. The first-order chi connectivity index (χ1) is 13.7. The van der Waals surface area contributed by atoms with Gasteiger partial charge in [-0.05, 0) is 42.3 Å². The molecule has 0 radical (unpaired) electrons. The predicted octanol–water partition coefficient (Wildman–Crippen LogP) is 4.08. The van der Waals surface area contributed by atoms with Crippen molar-refractivity contribution in [2.24, 2.45) is 0 Å². The van der Waals surface area contributed by atoms with Gasteiger partial charge in [0, 0.05) is 29.2 Å². The van der Waals surface area contributed by atoms with Gasteiger partial charge in [-0.15, -0.1) is 0 Å². The minimum Gasteiger partial charge on any atom is -0.489 e. The second-order valence-corrected chi connectivity index (χ2v) is 10.7. The summed E-state index contributed by atoms with van der Waals surface area (Å²) in [7, 11) is -3.05. The van der Waals surface area contributed by atoms with E-state index in [0.717, 1.165) is 5.56 Å². The van der Waals surface area contributed by atoms with E-state index in [-0.39, 0.29) is 30.7 Å². The Balaban J connectivity index is 1.65. The van der Waals surface area contributed by atoms with Crippen LogP contribution in [0, 0.1) is 0 Å². The Morgan fingerprint density at radius 2 is 1.79 bits per heavy atom.